The molecule has 0 fully saturated rings. The first-order chi connectivity index (χ1) is 25.7. The standard InChI is InChI=1S/C46H25N3OS2/c1-5-13-36-29(9-1)34-23-26(27-17-20-32-31-11-3-7-15-40(31)51-42(32)25-27)18-21-37(34)49(36)46-47-43(45-44(48-46)33-12-4-8-16-41(33)52-45)28-19-22-39-35(24-28)30-10-2-6-14-38(30)50-39/h1-25H. The Kier molecular flexibility index (Phi) is 5.78. The molecule has 0 aliphatic carbocycles. The van der Waals surface area contributed by atoms with E-state index in [1.807, 2.05) is 23.5 Å². The van der Waals surface area contributed by atoms with Crippen LogP contribution in [0.15, 0.2) is 156 Å². The van der Waals surface area contributed by atoms with Crippen molar-refractivity contribution >= 4 is 107 Å². The van der Waals surface area contributed by atoms with Crippen molar-refractivity contribution in [3.63, 3.8) is 0 Å². The molecule has 5 heterocycles. The van der Waals surface area contributed by atoms with Crippen molar-refractivity contribution in [2.45, 2.75) is 0 Å². The Morgan fingerprint density at radius 3 is 1.96 bits per heavy atom. The fourth-order valence-electron chi connectivity index (χ4n) is 8.02. The minimum atomic E-state index is 0.661. The third-order valence-electron chi connectivity index (χ3n) is 10.4. The molecule has 0 amide bonds. The predicted molar refractivity (Wildman–Crippen MR) is 220 cm³/mol. The highest BCUT2D eigenvalue weighted by atomic mass is 32.1. The average Bonchev–Trinajstić information content (AvgIpc) is 3.95. The summed E-state index contributed by atoms with van der Waals surface area (Å²) in [6.45, 7) is 0. The first kappa shape index (κ1) is 28.4. The van der Waals surface area contributed by atoms with Crippen LogP contribution in [0.2, 0.25) is 0 Å². The zero-order chi connectivity index (χ0) is 33.9. The summed E-state index contributed by atoms with van der Waals surface area (Å²) in [4.78, 5) is 10.8. The zero-order valence-electron chi connectivity index (χ0n) is 27.5. The molecule has 12 aromatic rings. The molecule has 0 unspecified atom stereocenters. The van der Waals surface area contributed by atoms with E-state index in [9.17, 15) is 0 Å². The molecule has 0 bridgehead atoms. The molecular weight excluding hydrogens is 675 g/mol. The highest BCUT2D eigenvalue weighted by Gasteiger charge is 2.21. The number of thiophene rings is 2. The molecule has 5 aromatic heterocycles. The van der Waals surface area contributed by atoms with Gasteiger partial charge in [0, 0.05) is 57.4 Å². The molecule has 52 heavy (non-hydrogen) atoms. The van der Waals surface area contributed by atoms with Gasteiger partial charge < -0.3 is 4.42 Å². The number of hydrogen-bond donors (Lipinski definition) is 0. The first-order valence-electron chi connectivity index (χ1n) is 17.3. The predicted octanol–water partition coefficient (Wildman–Crippen LogP) is 13.5. The smallest absolute Gasteiger partial charge is 0.235 e. The van der Waals surface area contributed by atoms with E-state index in [-0.39, 0.29) is 0 Å². The Hall–Kier alpha value is -6.34. The summed E-state index contributed by atoms with van der Waals surface area (Å²) < 4.78 is 13.3. The Morgan fingerprint density at radius 1 is 0.423 bits per heavy atom. The molecule has 0 saturated heterocycles. The number of furan rings is 1. The molecule has 0 N–H and O–H groups in total. The maximum absolute atomic E-state index is 6.20. The SMILES string of the molecule is c1ccc2c(c1)oc1ccc(-c3nc(-n4c5ccccc5c5cc(-c6ccc7c(c6)sc6ccccc67)ccc54)nc4c3sc3ccccc34)cc12. The van der Waals surface area contributed by atoms with Gasteiger partial charge in [0.1, 0.15) is 11.2 Å². The zero-order valence-corrected chi connectivity index (χ0v) is 29.1. The van der Waals surface area contributed by atoms with E-state index in [2.05, 4.69) is 144 Å². The lowest BCUT2D eigenvalue weighted by Crippen LogP contribution is -2.02. The van der Waals surface area contributed by atoms with Gasteiger partial charge in [-0.3, -0.25) is 4.57 Å². The van der Waals surface area contributed by atoms with Crippen molar-refractivity contribution in [3.8, 4) is 28.3 Å². The molecular formula is C46H25N3OS2. The monoisotopic (exact) mass is 699 g/mol. The van der Waals surface area contributed by atoms with Gasteiger partial charge in [0.25, 0.3) is 0 Å². The van der Waals surface area contributed by atoms with Gasteiger partial charge in [-0.1, -0.05) is 91.0 Å². The van der Waals surface area contributed by atoms with Crippen LogP contribution < -0.4 is 0 Å². The van der Waals surface area contributed by atoms with Crippen molar-refractivity contribution in [1.29, 1.82) is 0 Å². The van der Waals surface area contributed by atoms with Crippen LogP contribution in [0.25, 0.3) is 113 Å². The van der Waals surface area contributed by atoms with Crippen LogP contribution in [-0.4, -0.2) is 14.5 Å². The number of nitrogens with zero attached hydrogens (tertiary/aromatic N) is 3. The highest BCUT2D eigenvalue weighted by molar-refractivity contribution is 7.26. The highest BCUT2D eigenvalue weighted by Crippen LogP contribution is 2.42. The maximum Gasteiger partial charge on any atom is 0.235 e. The van der Waals surface area contributed by atoms with Crippen molar-refractivity contribution in [3.05, 3.63) is 152 Å². The number of para-hydroxylation sites is 2. The molecule has 0 saturated carbocycles. The lowest BCUT2D eigenvalue weighted by Gasteiger charge is -2.10. The Balaban J connectivity index is 1.10. The van der Waals surface area contributed by atoms with E-state index in [1.54, 1.807) is 11.3 Å². The molecule has 0 aliphatic rings. The van der Waals surface area contributed by atoms with Gasteiger partial charge in [-0.25, -0.2) is 9.97 Å². The lowest BCUT2D eigenvalue weighted by molar-refractivity contribution is 0.669. The number of aromatic nitrogens is 3. The van der Waals surface area contributed by atoms with Crippen LogP contribution in [0.3, 0.4) is 0 Å². The topological polar surface area (TPSA) is 43.9 Å². The minimum Gasteiger partial charge on any atom is -0.456 e. The largest absolute Gasteiger partial charge is 0.456 e. The van der Waals surface area contributed by atoms with E-state index in [0.717, 1.165) is 59.8 Å². The van der Waals surface area contributed by atoms with Crippen LogP contribution in [0.5, 0.6) is 0 Å². The minimum absolute atomic E-state index is 0.661. The molecule has 0 aliphatic heterocycles. The van der Waals surface area contributed by atoms with E-state index < -0.39 is 0 Å². The van der Waals surface area contributed by atoms with Gasteiger partial charge in [-0.15, -0.1) is 22.7 Å². The molecule has 4 nitrogen and oxygen atoms in total. The summed E-state index contributed by atoms with van der Waals surface area (Å²) in [6, 6.07) is 54.2. The van der Waals surface area contributed by atoms with Crippen LogP contribution >= 0.6 is 22.7 Å². The van der Waals surface area contributed by atoms with Crippen LogP contribution in [0.1, 0.15) is 0 Å². The second-order valence-electron chi connectivity index (χ2n) is 13.4. The van der Waals surface area contributed by atoms with Crippen LogP contribution in [-0.2, 0) is 0 Å². The summed E-state index contributed by atoms with van der Waals surface area (Å²) in [5.41, 5.74) is 9.25. The van der Waals surface area contributed by atoms with Gasteiger partial charge in [0.05, 0.1) is 26.9 Å². The molecule has 7 aromatic carbocycles. The molecule has 0 radical (unpaired) electrons. The number of fused-ring (bicyclic) bond motifs is 12. The number of benzene rings is 7. The Bertz CT molecular complexity index is 3440. The van der Waals surface area contributed by atoms with Crippen molar-refractivity contribution in [2.24, 2.45) is 0 Å². The Morgan fingerprint density at radius 2 is 1.06 bits per heavy atom. The molecule has 12 rings (SSSR count). The van der Waals surface area contributed by atoms with Gasteiger partial charge in [-0.2, -0.15) is 0 Å². The van der Waals surface area contributed by atoms with E-state index in [0.29, 0.717) is 5.95 Å². The average molecular weight is 700 g/mol. The van der Waals surface area contributed by atoms with Gasteiger partial charge >= 0.3 is 0 Å². The van der Waals surface area contributed by atoms with Crippen molar-refractivity contribution in [2.75, 3.05) is 0 Å². The summed E-state index contributed by atoms with van der Waals surface area (Å²) in [7, 11) is 0. The summed E-state index contributed by atoms with van der Waals surface area (Å²) in [5, 5.41) is 8.31. The molecule has 242 valence electrons. The van der Waals surface area contributed by atoms with Gasteiger partial charge in [0.15, 0.2) is 0 Å². The fourth-order valence-corrected chi connectivity index (χ4v) is 10.3. The quantitative estimate of drug-likeness (QED) is 0.184. The van der Waals surface area contributed by atoms with E-state index in [1.165, 1.54) is 46.8 Å². The maximum atomic E-state index is 6.20. The van der Waals surface area contributed by atoms with Gasteiger partial charge in [0.2, 0.25) is 5.95 Å². The van der Waals surface area contributed by atoms with Gasteiger partial charge in [-0.05, 0) is 71.8 Å². The first-order valence-corrected chi connectivity index (χ1v) is 18.9. The van der Waals surface area contributed by atoms with Crippen molar-refractivity contribution < 1.29 is 4.42 Å². The summed E-state index contributed by atoms with van der Waals surface area (Å²) in [6.07, 6.45) is 0. The normalized spacial score (nSPS) is 12.2. The lowest BCUT2D eigenvalue weighted by atomic mass is 10.0. The second-order valence-corrected chi connectivity index (χ2v) is 15.5. The number of hydrogen-bond acceptors (Lipinski definition) is 5. The second kappa shape index (κ2) is 10.6. The van der Waals surface area contributed by atoms with E-state index >= 15 is 0 Å². The van der Waals surface area contributed by atoms with Crippen molar-refractivity contribution in [1.82, 2.24) is 14.5 Å². The fraction of sp³-hybridized carbons (Fsp3) is 0. The Labute approximate surface area is 304 Å². The molecule has 6 heteroatoms. The van der Waals surface area contributed by atoms with Crippen LogP contribution in [0, 0.1) is 0 Å². The van der Waals surface area contributed by atoms with Crippen LogP contribution in [0.4, 0.5) is 0 Å². The molecule has 0 spiro atoms. The summed E-state index contributed by atoms with van der Waals surface area (Å²) in [5.74, 6) is 0.661. The third-order valence-corrected chi connectivity index (χ3v) is 12.7. The third kappa shape index (κ3) is 4.02. The van der Waals surface area contributed by atoms with E-state index in [4.69, 9.17) is 14.4 Å². The summed E-state index contributed by atoms with van der Waals surface area (Å²) >= 11 is 3.61. The molecule has 0 atom stereocenters. The number of rotatable bonds is 3.